The number of aliphatic hydroxyl groups excluding tert-OH is 3. The topological polar surface area (TPSA) is 379 Å². The molecule has 270 valence electrons. The van der Waals surface area contributed by atoms with E-state index in [9.17, 15) is 63.6 Å². The summed E-state index contributed by atoms with van der Waals surface area (Å²) in [5.74, 6) is -2.05. The largest absolute Gasteiger partial charge is 0.503 e. The third kappa shape index (κ3) is 8.46. The zero-order valence-electron chi connectivity index (χ0n) is 24.2. The van der Waals surface area contributed by atoms with E-state index in [1.165, 1.54) is 0 Å². The predicted octanol–water partition coefficient (Wildman–Crippen LogP) is -2.59. The molecule has 49 heavy (non-hydrogen) atoms. The molecule has 0 aliphatic carbocycles. The third-order valence-electron chi connectivity index (χ3n) is 6.99. The Bertz CT molecular complexity index is 1860. The van der Waals surface area contributed by atoms with E-state index in [4.69, 9.17) is 15.2 Å². The number of hydrogen-bond donors (Lipinski definition) is 10. The highest BCUT2D eigenvalue weighted by atomic mass is 31.3. The lowest BCUT2D eigenvalue weighted by molar-refractivity contribution is -0.766. The van der Waals surface area contributed by atoms with E-state index in [0.29, 0.717) is 0 Å². The molecule has 2 aliphatic rings. The normalized spacial score (nSPS) is 29.9. The van der Waals surface area contributed by atoms with E-state index in [1.54, 1.807) is 0 Å². The fraction of sp³-hybridized carbons (Fsp3) is 0.476. The van der Waals surface area contributed by atoms with Gasteiger partial charge >= 0.3 is 29.4 Å². The van der Waals surface area contributed by atoms with E-state index < -0.39 is 103 Å². The number of aliphatic hydroxyl groups is 3. The lowest BCUT2D eigenvalue weighted by atomic mass is 10.1. The molecule has 2 aliphatic heterocycles. The molecule has 3 aromatic rings. The van der Waals surface area contributed by atoms with Gasteiger partial charge in [0, 0.05) is 6.07 Å². The van der Waals surface area contributed by atoms with Crippen LogP contribution in [-0.2, 0) is 41.1 Å². The van der Waals surface area contributed by atoms with Crippen LogP contribution in [0.4, 0.5) is 5.82 Å². The number of rotatable bonds is 13. The molecule has 0 amide bonds. The van der Waals surface area contributed by atoms with E-state index in [-0.39, 0.29) is 17.0 Å². The minimum Gasteiger partial charge on any atom is -0.503 e. The summed E-state index contributed by atoms with van der Waals surface area (Å²) in [6, 6.07) is 0.895. The maximum atomic E-state index is 12.6. The van der Waals surface area contributed by atoms with Crippen molar-refractivity contribution in [2.75, 3.05) is 18.9 Å². The molecule has 2 saturated heterocycles. The zero-order chi connectivity index (χ0) is 36.1. The van der Waals surface area contributed by atoms with Gasteiger partial charge < -0.3 is 60.3 Å². The van der Waals surface area contributed by atoms with Crippen LogP contribution in [0.2, 0.25) is 0 Å². The zero-order valence-corrected chi connectivity index (χ0v) is 26.9. The van der Waals surface area contributed by atoms with Crippen LogP contribution in [0.1, 0.15) is 22.8 Å². The molecule has 0 saturated carbocycles. The number of imidazole rings is 1. The molecule has 25 nitrogen and oxygen atoms in total. The molecule has 11 N–H and O–H groups in total. The number of nitrogens with zero attached hydrogens (tertiary/aromatic N) is 5. The Hall–Kier alpha value is -3.06. The third-order valence-corrected chi connectivity index (χ3v) is 10.1. The molecule has 5 heterocycles. The van der Waals surface area contributed by atoms with Gasteiger partial charge in [-0.05, 0) is 0 Å². The summed E-state index contributed by atoms with van der Waals surface area (Å²) < 4.78 is 67.8. The van der Waals surface area contributed by atoms with Gasteiger partial charge in [0.1, 0.15) is 47.9 Å². The van der Waals surface area contributed by atoms with E-state index >= 15 is 0 Å². The van der Waals surface area contributed by atoms with Crippen LogP contribution in [0.5, 0.6) is 5.75 Å². The number of nitrogens with two attached hydrogens (primary N) is 1. The Balaban J connectivity index is 1.21. The standard InChI is InChI=1S/C21H27N6O19P3/c22-17-12-18(24-6-23-17)27(7-25-12)20-16(45-47(34,35)36)14(30)11(44-20)5-42-49(39,40)46-48(37,38)41-4-10-13(29)15(31)19(43-10)26-2-8(21(32)33)1-9(28)3-26/h1-3,6-7,10-11,13-16,19-20,29-31H,4-5H2,(H7-,22,23,24,28,32,33,34,35,36,37,38,39,40)/p+1/t10-,11+,13-,14+,15-,16+,19-,20+/m0/s1. The van der Waals surface area contributed by atoms with Crippen LogP contribution in [-0.4, -0.2) is 120 Å². The molecule has 2 fully saturated rings. The number of fused-ring (bicyclic) bond motifs is 1. The molecule has 0 aromatic carbocycles. The van der Waals surface area contributed by atoms with Crippen LogP contribution in [0.25, 0.3) is 11.2 Å². The number of hydrogen-bond acceptors (Lipinski definition) is 18. The first-order valence-electron chi connectivity index (χ1n) is 13.4. The number of phosphoric acid groups is 3. The Kier molecular flexibility index (Phi) is 10.6. The summed E-state index contributed by atoms with van der Waals surface area (Å²) in [5, 5.41) is 50.5. The number of carboxylic acids is 1. The van der Waals surface area contributed by atoms with Crippen molar-refractivity contribution in [3.63, 3.8) is 0 Å². The van der Waals surface area contributed by atoms with E-state index in [0.717, 1.165) is 40.2 Å². The number of aromatic hydroxyl groups is 1. The average molecular weight is 761 g/mol. The second-order valence-corrected chi connectivity index (χ2v) is 14.6. The number of ether oxygens (including phenoxy) is 2. The SMILES string of the molecule is Nc1ncnc2c1ncn2[C@@H]1O[C@H](COP(=O)(O)OP(=O)(O)OC[C@@H]2O[C@H]([n+]3cc(O)cc(C(=O)O)c3)[C@@H](O)[C@H]2O)[C@@H](O)[C@H]1OP(=O)(O)O. The molecule has 3 aromatic heterocycles. The van der Waals surface area contributed by atoms with Crippen LogP contribution < -0.4 is 10.3 Å². The Morgan fingerprint density at radius 3 is 2.18 bits per heavy atom. The molecule has 10 atom stereocenters. The van der Waals surface area contributed by atoms with Gasteiger partial charge in [-0.25, -0.2) is 33.4 Å². The van der Waals surface area contributed by atoms with Crippen LogP contribution >= 0.6 is 23.5 Å². The Morgan fingerprint density at radius 2 is 1.57 bits per heavy atom. The van der Waals surface area contributed by atoms with Crippen LogP contribution in [0.3, 0.4) is 0 Å². The molecule has 0 radical (unpaired) electrons. The molecule has 2 unspecified atom stereocenters. The Morgan fingerprint density at radius 1 is 0.939 bits per heavy atom. The fourth-order valence-electron chi connectivity index (χ4n) is 4.88. The first-order valence-corrected chi connectivity index (χ1v) is 17.9. The van der Waals surface area contributed by atoms with Gasteiger partial charge in [0.2, 0.25) is 6.20 Å². The summed E-state index contributed by atoms with van der Waals surface area (Å²) in [7, 11) is -16.4. The van der Waals surface area contributed by atoms with Gasteiger partial charge in [-0.3, -0.25) is 18.1 Å². The minimum atomic E-state index is -5.57. The minimum absolute atomic E-state index is 0.0131. The van der Waals surface area contributed by atoms with Gasteiger partial charge in [0.25, 0.3) is 6.23 Å². The molecular weight excluding hydrogens is 733 g/mol. The number of aromatic nitrogens is 5. The van der Waals surface area contributed by atoms with E-state index in [2.05, 4.69) is 32.8 Å². The van der Waals surface area contributed by atoms with Crippen LogP contribution in [0.15, 0.2) is 31.1 Å². The first-order chi connectivity index (χ1) is 22.7. The number of aromatic carboxylic acids is 1. The molecule has 28 heteroatoms. The summed E-state index contributed by atoms with van der Waals surface area (Å²) in [5.41, 5.74) is 5.37. The van der Waals surface area contributed by atoms with Gasteiger partial charge in [-0.15, -0.1) is 0 Å². The van der Waals surface area contributed by atoms with Crippen molar-refractivity contribution < 1.29 is 95.5 Å². The number of phosphoric ester groups is 3. The van der Waals surface area contributed by atoms with Gasteiger partial charge in [0.15, 0.2) is 35.7 Å². The van der Waals surface area contributed by atoms with Crippen molar-refractivity contribution >= 4 is 46.4 Å². The quantitative estimate of drug-likeness (QED) is 0.0630. The molecule has 5 rings (SSSR count). The highest BCUT2D eigenvalue weighted by molar-refractivity contribution is 7.61. The van der Waals surface area contributed by atoms with Crippen molar-refractivity contribution in [1.29, 1.82) is 0 Å². The smallest absolute Gasteiger partial charge is 0.481 e. The van der Waals surface area contributed by atoms with Gasteiger partial charge in [-0.2, -0.15) is 8.88 Å². The maximum Gasteiger partial charge on any atom is 0.481 e. The second kappa shape index (κ2) is 13.9. The second-order valence-electron chi connectivity index (χ2n) is 10.4. The first kappa shape index (κ1) is 37.2. The summed E-state index contributed by atoms with van der Waals surface area (Å²) in [6.45, 7) is -2.15. The average Bonchev–Trinajstić information content (AvgIpc) is 3.64. The Labute approximate surface area is 272 Å². The maximum absolute atomic E-state index is 12.6. The molecule has 0 spiro atoms. The van der Waals surface area contributed by atoms with Gasteiger partial charge in [-0.1, -0.05) is 0 Å². The van der Waals surface area contributed by atoms with Crippen molar-refractivity contribution in [3.05, 3.63) is 36.7 Å². The lowest BCUT2D eigenvalue weighted by Crippen LogP contribution is -2.46. The summed E-state index contributed by atoms with van der Waals surface area (Å²) >= 11 is 0. The van der Waals surface area contributed by atoms with Gasteiger partial charge in [0.05, 0.1) is 19.5 Å². The molecular formula is C21H28N6O19P3+. The van der Waals surface area contributed by atoms with Crippen LogP contribution in [0, 0.1) is 0 Å². The highest BCUT2D eigenvalue weighted by Crippen LogP contribution is 2.61. The fourth-order valence-corrected chi connectivity index (χ4v) is 7.52. The van der Waals surface area contributed by atoms with E-state index in [1.807, 2.05) is 0 Å². The number of nitrogen functional groups attached to an aromatic ring is 1. The summed E-state index contributed by atoms with van der Waals surface area (Å²) in [4.78, 5) is 61.9. The van der Waals surface area contributed by atoms with Crippen molar-refractivity contribution in [2.24, 2.45) is 0 Å². The lowest BCUT2D eigenvalue weighted by Gasteiger charge is -2.22. The molecule has 0 bridgehead atoms. The number of carbonyl (C=O) groups is 1. The van der Waals surface area contributed by atoms with Crippen molar-refractivity contribution in [1.82, 2.24) is 19.5 Å². The number of pyridine rings is 1. The highest BCUT2D eigenvalue weighted by Gasteiger charge is 2.51. The number of carboxylic acid groups (broad SMARTS) is 1. The number of anilines is 1. The van der Waals surface area contributed by atoms with Crippen molar-refractivity contribution in [3.8, 4) is 5.75 Å². The predicted molar refractivity (Wildman–Crippen MR) is 150 cm³/mol. The summed E-state index contributed by atoms with van der Waals surface area (Å²) in [6.07, 6.45) is -9.80. The monoisotopic (exact) mass is 761 g/mol. The van der Waals surface area contributed by atoms with Crippen molar-refractivity contribution in [2.45, 2.75) is 49.1 Å².